The summed E-state index contributed by atoms with van der Waals surface area (Å²) in [6, 6.07) is 1.67. The first-order valence-electron chi connectivity index (χ1n) is 6.26. The fourth-order valence-electron chi connectivity index (χ4n) is 2.13. The van der Waals surface area contributed by atoms with Crippen molar-refractivity contribution < 1.29 is 9.32 Å². The zero-order valence-corrected chi connectivity index (χ0v) is 11.6. The Labute approximate surface area is 111 Å². The SMILES string of the molecule is CC[C@H](C(=O)Nc1cc(C)on1)N1CCSCC1. The maximum absolute atomic E-state index is 12.2. The zero-order chi connectivity index (χ0) is 13.0. The van der Waals surface area contributed by atoms with Gasteiger partial charge in [-0.1, -0.05) is 12.1 Å². The van der Waals surface area contributed by atoms with Crippen LogP contribution in [-0.4, -0.2) is 46.6 Å². The lowest BCUT2D eigenvalue weighted by Crippen LogP contribution is -2.47. The van der Waals surface area contributed by atoms with E-state index in [9.17, 15) is 4.79 Å². The lowest BCUT2D eigenvalue weighted by molar-refractivity contribution is -0.121. The summed E-state index contributed by atoms with van der Waals surface area (Å²) in [5.41, 5.74) is 0. The number of thioether (sulfide) groups is 1. The van der Waals surface area contributed by atoms with Crippen molar-refractivity contribution in [1.82, 2.24) is 10.1 Å². The van der Waals surface area contributed by atoms with Crippen LogP contribution in [0.5, 0.6) is 0 Å². The van der Waals surface area contributed by atoms with E-state index in [1.54, 1.807) is 6.07 Å². The minimum absolute atomic E-state index is 0.0118. The molecule has 1 fully saturated rings. The molecule has 0 spiro atoms. The van der Waals surface area contributed by atoms with Gasteiger partial charge in [0.1, 0.15) is 5.76 Å². The molecule has 1 atom stereocenters. The summed E-state index contributed by atoms with van der Waals surface area (Å²) in [7, 11) is 0. The Balaban J connectivity index is 1.96. The molecule has 1 aliphatic heterocycles. The Kier molecular flexibility index (Phi) is 4.66. The molecule has 0 bridgehead atoms. The number of aryl methyl sites for hydroxylation is 1. The molecule has 0 saturated carbocycles. The molecule has 0 aliphatic carbocycles. The highest BCUT2D eigenvalue weighted by Gasteiger charge is 2.26. The first-order chi connectivity index (χ1) is 8.70. The molecule has 0 unspecified atom stereocenters. The third-order valence-electron chi connectivity index (χ3n) is 3.06. The van der Waals surface area contributed by atoms with Gasteiger partial charge in [-0.15, -0.1) is 0 Å². The van der Waals surface area contributed by atoms with E-state index in [0.29, 0.717) is 11.6 Å². The van der Waals surface area contributed by atoms with Gasteiger partial charge in [0, 0.05) is 30.7 Å². The Bertz CT molecular complexity index is 402. The van der Waals surface area contributed by atoms with Crippen molar-refractivity contribution in [2.75, 3.05) is 29.9 Å². The Morgan fingerprint density at radius 3 is 2.89 bits per heavy atom. The molecular formula is C12H19N3O2S. The largest absolute Gasteiger partial charge is 0.360 e. The quantitative estimate of drug-likeness (QED) is 0.902. The predicted molar refractivity (Wildman–Crippen MR) is 72.8 cm³/mol. The van der Waals surface area contributed by atoms with Gasteiger partial charge in [-0.2, -0.15) is 11.8 Å². The first kappa shape index (κ1) is 13.4. The highest BCUT2D eigenvalue weighted by molar-refractivity contribution is 7.99. The molecule has 100 valence electrons. The van der Waals surface area contributed by atoms with Gasteiger partial charge in [-0.25, -0.2) is 0 Å². The summed E-state index contributed by atoms with van der Waals surface area (Å²) < 4.78 is 4.94. The van der Waals surface area contributed by atoms with E-state index in [-0.39, 0.29) is 11.9 Å². The van der Waals surface area contributed by atoms with Crippen LogP contribution in [0.1, 0.15) is 19.1 Å². The van der Waals surface area contributed by atoms with Crippen LogP contribution in [0, 0.1) is 6.92 Å². The van der Waals surface area contributed by atoms with Crippen molar-refractivity contribution >= 4 is 23.5 Å². The van der Waals surface area contributed by atoms with E-state index < -0.39 is 0 Å². The topological polar surface area (TPSA) is 58.4 Å². The molecule has 1 aromatic rings. The second kappa shape index (κ2) is 6.24. The van der Waals surface area contributed by atoms with E-state index in [0.717, 1.165) is 31.0 Å². The molecule has 1 saturated heterocycles. The first-order valence-corrected chi connectivity index (χ1v) is 7.42. The predicted octanol–water partition coefficient (Wildman–Crippen LogP) is 1.75. The van der Waals surface area contributed by atoms with E-state index in [1.807, 2.05) is 25.6 Å². The Morgan fingerprint density at radius 2 is 2.33 bits per heavy atom. The molecule has 1 N–H and O–H groups in total. The molecular weight excluding hydrogens is 250 g/mol. The lowest BCUT2D eigenvalue weighted by Gasteiger charge is -2.32. The van der Waals surface area contributed by atoms with Crippen LogP contribution in [0.2, 0.25) is 0 Å². The average Bonchev–Trinajstić information content (AvgIpc) is 2.77. The van der Waals surface area contributed by atoms with Crippen LogP contribution < -0.4 is 5.32 Å². The van der Waals surface area contributed by atoms with Gasteiger partial charge in [-0.3, -0.25) is 9.69 Å². The lowest BCUT2D eigenvalue weighted by atomic mass is 10.1. The van der Waals surface area contributed by atoms with Crippen LogP contribution in [0.25, 0.3) is 0 Å². The molecule has 1 aromatic heterocycles. The number of hydrogen-bond donors (Lipinski definition) is 1. The monoisotopic (exact) mass is 269 g/mol. The van der Waals surface area contributed by atoms with E-state index in [4.69, 9.17) is 4.52 Å². The summed E-state index contributed by atoms with van der Waals surface area (Å²) in [5, 5.41) is 6.61. The maximum atomic E-state index is 12.2. The number of hydrogen-bond acceptors (Lipinski definition) is 5. The van der Waals surface area contributed by atoms with Gasteiger partial charge >= 0.3 is 0 Å². The minimum atomic E-state index is -0.0668. The van der Waals surface area contributed by atoms with E-state index in [1.165, 1.54) is 0 Å². The van der Waals surface area contributed by atoms with Crippen LogP contribution in [0.15, 0.2) is 10.6 Å². The fraction of sp³-hybridized carbons (Fsp3) is 0.667. The second-order valence-corrected chi connectivity index (χ2v) is 5.61. The zero-order valence-electron chi connectivity index (χ0n) is 10.8. The van der Waals surface area contributed by atoms with Crippen molar-refractivity contribution in [1.29, 1.82) is 0 Å². The number of carbonyl (C=O) groups excluding carboxylic acids is 1. The smallest absolute Gasteiger partial charge is 0.242 e. The molecule has 0 radical (unpaired) electrons. The summed E-state index contributed by atoms with van der Waals surface area (Å²) in [6.07, 6.45) is 0.813. The standard InChI is InChI=1S/C12H19N3O2S/c1-3-10(15-4-6-18-7-5-15)12(16)13-11-8-9(2)17-14-11/h8,10H,3-7H2,1-2H3,(H,13,14,16)/t10-/m1/s1. The number of rotatable bonds is 4. The van der Waals surface area contributed by atoms with Crippen LogP contribution in [-0.2, 0) is 4.79 Å². The number of nitrogens with one attached hydrogen (secondary N) is 1. The molecule has 6 heteroatoms. The van der Waals surface area contributed by atoms with Gasteiger partial charge in [0.15, 0.2) is 5.82 Å². The summed E-state index contributed by atoms with van der Waals surface area (Å²) in [6.45, 7) is 5.81. The molecule has 18 heavy (non-hydrogen) atoms. The second-order valence-electron chi connectivity index (χ2n) is 4.38. The van der Waals surface area contributed by atoms with Crippen LogP contribution in [0.4, 0.5) is 5.82 Å². The average molecular weight is 269 g/mol. The third kappa shape index (κ3) is 3.26. The van der Waals surface area contributed by atoms with Gasteiger partial charge in [0.25, 0.3) is 0 Å². The van der Waals surface area contributed by atoms with Crippen molar-refractivity contribution in [3.05, 3.63) is 11.8 Å². The molecule has 1 amide bonds. The van der Waals surface area contributed by atoms with Crippen molar-refractivity contribution in [2.45, 2.75) is 26.3 Å². The van der Waals surface area contributed by atoms with Crippen molar-refractivity contribution in [3.63, 3.8) is 0 Å². The normalized spacial score (nSPS) is 18.6. The number of anilines is 1. The summed E-state index contributed by atoms with van der Waals surface area (Å²) in [5.74, 6) is 3.42. The fourth-order valence-corrected chi connectivity index (χ4v) is 3.06. The number of aromatic nitrogens is 1. The van der Waals surface area contributed by atoms with Crippen molar-refractivity contribution in [3.8, 4) is 0 Å². The molecule has 5 nitrogen and oxygen atoms in total. The highest BCUT2D eigenvalue weighted by atomic mass is 32.2. The van der Waals surface area contributed by atoms with Crippen LogP contribution in [0.3, 0.4) is 0 Å². The molecule has 2 rings (SSSR count). The van der Waals surface area contributed by atoms with E-state index in [2.05, 4.69) is 15.4 Å². The van der Waals surface area contributed by atoms with Crippen molar-refractivity contribution in [2.24, 2.45) is 0 Å². The summed E-state index contributed by atoms with van der Waals surface area (Å²) >= 11 is 1.94. The van der Waals surface area contributed by atoms with Gasteiger partial charge in [0.2, 0.25) is 5.91 Å². The van der Waals surface area contributed by atoms with E-state index >= 15 is 0 Å². The number of nitrogens with zero attached hydrogens (tertiary/aromatic N) is 2. The van der Waals surface area contributed by atoms with Gasteiger partial charge < -0.3 is 9.84 Å². The Hall–Kier alpha value is -1.01. The van der Waals surface area contributed by atoms with Gasteiger partial charge in [-0.05, 0) is 13.3 Å². The van der Waals surface area contributed by atoms with Crippen LogP contribution >= 0.6 is 11.8 Å². The molecule has 1 aliphatic rings. The molecule has 0 aromatic carbocycles. The Morgan fingerprint density at radius 1 is 1.61 bits per heavy atom. The maximum Gasteiger partial charge on any atom is 0.242 e. The number of amides is 1. The molecule has 2 heterocycles. The highest BCUT2D eigenvalue weighted by Crippen LogP contribution is 2.16. The third-order valence-corrected chi connectivity index (χ3v) is 4.00. The van der Waals surface area contributed by atoms with Gasteiger partial charge in [0.05, 0.1) is 6.04 Å². The minimum Gasteiger partial charge on any atom is -0.360 e. The summed E-state index contributed by atoms with van der Waals surface area (Å²) in [4.78, 5) is 14.5. The number of carbonyl (C=O) groups is 1.